The number of halogens is 1. The highest BCUT2D eigenvalue weighted by Crippen LogP contribution is 2.39. The summed E-state index contributed by atoms with van der Waals surface area (Å²) in [4.78, 5) is 23.1. The number of rotatable bonds is 4. The van der Waals surface area contributed by atoms with Crippen molar-refractivity contribution in [1.29, 1.82) is 0 Å². The van der Waals surface area contributed by atoms with Gasteiger partial charge < -0.3 is 10.4 Å². The SMILES string of the molecule is CC(NC(=O)c1ccc(Cl)nn1)(C(=O)O)C1CC1. The third-order valence-electron chi connectivity index (χ3n) is 3.08. The Morgan fingerprint density at radius 1 is 1.44 bits per heavy atom. The summed E-state index contributed by atoms with van der Waals surface area (Å²) in [5.74, 6) is -1.63. The lowest BCUT2D eigenvalue weighted by Gasteiger charge is -2.25. The van der Waals surface area contributed by atoms with Crippen molar-refractivity contribution in [3.05, 3.63) is 23.0 Å². The van der Waals surface area contributed by atoms with E-state index < -0.39 is 17.4 Å². The molecule has 2 rings (SSSR count). The van der Waals surface area contributed by atoms with Crippen LogP contribution in [0.4, 0.5) is 0 Å². The topological polar surface area (TPSA) is 92.2 Å². The Kier molecular flexibility index (Phi) is 3.21. The van der Waals surface area contributed by atoms with E-state index in [0.717, 1.165) is 12.8 Å². The molecular formula is C11H12ClN3O3. The minimum atomic E-state index is -1.25. The number of nitrogens with one attached hydrogen (secondary N) is 1. The number of aromatic nitrogens is 2. The van der Waals surface area contributed by atoms with E-state index in [4.69, 9.17) is 11.6 Å². The Hall–Kier alpha value is -1.69. The Bertz CT molecular complexity index is 487. The number of amides is 1. The molecule has 1 aliphatic carbocycles. The molecule has 1 unspecified atom stereocenters. The smallest absolute Gasteiger partial charge is 0.329 e. The molecule has 96 valence electrons. The summed E-state index contributed by atoms with van der Waals surface area (Å²) in [6.45, 7) is 1.51. The first-order valence-electron chi connectivity index (χ1n) is 5.48. The molecule has 1 aromatic heterocycles. The van der Waals surface area contributed by atoms with Crippen molar-refractivity contribution in [3.63, 3.8) is 0 Å². The molecule has 0 aliphatic heterocycles. The molecule has 1 amide bonds. The van der Waals surface area contributed by atoms with Crippen molar-refractivity contribution in [1.82, 2.24) is 15.5 Å². The molecule has 18 heavy (non-hydrogen) atoms. The average Bonchev–Trinajstić information content (AvgIpc) is 3.13. The van der Waals surface area contributed by atoms with Gasteiger partial charge in [-0.05, 0) is 37.8 Å². The van der Waals surface area contributed by atoms with Gasteiger partial charge in [-0.1, -0.05) is 11.6 Å². The van der Waals surface area contributed by atoms with Crippen LogP contribution in [0.25, 0.3) is 0 Å². The summed E-state index contributed by atoms with van der Waals surface area (Å²) < 4.78 is 0. The Morgan fingerprint density at radius 2 is 2.11 bits per heavy atom. The Labute approximate surface area is 108 Å². The molecule has 6 nitrogen and oxygen atoms in total. The maximum absolute atomic E-state index is 11.9. The zero-order valence-electron chi connectivity index (χ0n) is 9.68. The number of hydrogen-bond donors (Lipinski definition) is 2. The molecule has 1 atom stereocenters. The van der Waals surface area contributed by atoms with Crippen LogP contribution in [0.2, 0.25) is 5.15 Å². The molecule has 0 spiro atoms. The first kappa shape index (κ1) is 12.8. The first-order chi connectivity index (χ1) is 8.43. The number of carbonyl (C=O) groups excluding carboxylic acids is 1. The molecule has 0 radical (unpaired) electrons. The Balaban J connectivity index is 2.15. The maximum atomic E-state index is 11.9. The van der Waals surface area contributed by atoms with Crippen molar-refractivity contribution in [2.45, 2.75) is 25.3 Å². The number of nitrogens with zero attached hydrogens (tertiary/aromatic N) is 2. The molecule has 0 saturated heterocycles. The lowest BCUT2D eigenvalue weighted by molar-refractivity contribution is -0.144. The van der Waals surface area contributed by atoms with E-state index in [9.17, 15) is 14.7 Å². The van der Waals surface area contributed by atoms with Crippen LogP contribution >= 0.6 is 11.6 Å². The number of hydrogen-bond acceptors (Lipinski definition) is 4. The zero-order chi connectivity index (χ0) is 13.3. The van der Waals surface area contributed by atoms with E-state index in [1.54, 1.807) is 0 Å². The third-order valence-corrected chi connectivity index (χ3v) is 3.28. The van der Waals surface area contributed by atoms with Gasteiger partial charge in [-0.2, -0.15) is 0 Å². The fourth-order valence-corrected chi connectivity index (χ4v) is 1.83. The van der Waals surface area contributed by atoms with Crippen LogP contribution in [0.15, 0.2) is 12.1 Å². The van der Waals surface area contributed by atoms with E-state index >= 15 is 0 Å². The van der Waals surface area contributed by atoms with Crippen molar-refractivity contribution in [2.24, 2.45) is 5.92 Å². The van der Waals surface area contributed by atoms with Gasteiger partial charge in [0.15, 0.2) is 10.8 Å². The average molecular weight is 270 g/mol. The summed E-state index contributed by atoms with van der Waals surface area (Å²) in [5, 5.41) is 19.1. The molecule has 1 aliphatic rings. The fraction of sp³-hybridized carbons (Fsp3) is 0.455. The lowest BCUT2D eigenvalue weighted by atomic mass is 9.96. The normalized spacial score (nSPS) is 17.9. The fourth-order valence-electron chi connectivity index (χ4n) is 1.73. The van der Waals surface area contributed by atoms with Gasteiger partial charge in [0, 0.05) is 0 Å². The number of carboxylic acid groups (broad SMARTS) is 1. The van der Waals surface area contributed by atoms with Crippen LogP contribution in [-0.4, -0.2) is 32.7 Å². The first-order valence-corrected chi connectivity index (χ1v) is 5.86. The molecule has 1 saturated carbocycles. The van der Waals surface area contributed by atoms with E-state index in [2.05, 4.69) is 15.5 Å². The van der Waals surface area contributed by atoms with Crippen molar-refractivity contribution in [3.8, 4) is 0 Å². The second-order valence-electron chi connectivity index (χ2n) is 4.48. The van der Waals surface area contributed by atoms with Crippen LogP contribution in [-0.2, 0) is 4.79 Å². The van der Waals surface area contributed by atoms with Gasteiger partial charge in [0.25, 0.3) is 5.91 Å². The molecule has 1 fully saturated rings. The molecule has 7 heteroatoms. The van der Waals surface area contributed by atoms with E-state index in [0.29, 0.717) is 0 Å². The van der Waals surface area contributed by atoms with E-state index in [1.165, 1.54) is 19.1 Å². The molecule has 2 N–H and O–H groups in total. The molecule has 1 aromatic rings. The highest BCUT2D eigenvalue weighted by molar-refractivity contribution is 6.29. The monoisotopic (exact) mass is 269 g/mol. The molecule has 0 bridgehead atoms. The number of carboxylic acids is 1. The van der Waals surface area contributed by atoms with Crippen LogP contribution in [0.3, 0.4) is 0 Å². The predicted molar refractivity (Wildman–Crippen MR) is 63.3 cm³/mol. The predicted octanol–water partition coefficient (Wildman–Crippen LogP) is 1.11. The number of aliphatic carboxylic acids is 1. The second-order valence-corrected chi connectivity index (χ2v) is 4.86. The number of carbonyl (C=O) groups is 2. The quantitative estimate of drug-likeness (QED) is 0.854. The van der Waals surface area contributed by atoms with Gasteiger partial charge in [0.1, 0.15) is 5.54 Å². The molecule has 0 aromatic carbocycles. The highest BCUT2D eigenvalue weighted by atomic mass is 35.5. The minimum absolute atomic E-state index is 0.0285. The standard InChI is InChI=1S/C11H12ClN3O3/c1-11(10(17)18,6-2-3-6)13-9(16)7-4-5-8(12)15-14-7/h4-6H,2-3H2,1H3,(H,13,16)(H,17,18). The van der Waals surface area contributed by atoms with Gasteiger partial charge in [-0.25, -0.2) is 4.79 Å². The summed E-state index contributed by atoms with van der Waals surface area (Å²) >= 11 is 5.56. The Morgan fingerprint density at radius 3 is 2.56 bits per heavy atom. The van der Waals surface area contributed by atoms with E-state index in [-0.39, 0.29) is 16.8 Å². The summed E-state index contributed by atoms with van der Waals surface area (Å²) in [5.41, 5.74) is -1.20. The van der Waals surface area contributed by atoms with Gasteiger partial charge in [0.05, 0.1) is 0 Å². The van der Waals surface area contributed by atoms with Gasteiger partial charge in [-0.15, -0.1) is 10.2 Å². The van der Waals surface area contributed by atoms with Crippen LogP contribution < -0.4 is 5.32 Å². The van der Waals surface area contributed by atoms with Crippen molar-refractivity contribution >= 4 is 23.5 Å². The van der Waals surface area contributed by atoms with Crippen LogP contribution in [0.1, 0.15) is 30.3 Å². The summed E-state index contributed by atoms with van der Waals surface area (Å²) in [6.07, 6.45) is 1.60. The maximum Gasteiger partial charge on any atom is 0.329 e. The van der Waals surface area contributed by atoms with Gasteiger partial charge in [-0.3, -0.25) is 4.79 Å². The highest BCUT2D eigenvalue weighted by Gasteiger charge is 2.48. The van der Waals surface area contributed by atoms with Crippen molar-refractivity contribution in [2.75, 3.05) is 0 Å². The summed E-state index contributed by atoms with van der Waals surface area (Å²) in [7, 11) is 0. The van der Waals surface area contributed by atoms with Gasteiger partial charge >= 0.3 is 5.97 Å². The van der Waals surface area contributed by atoms with Gasteiger partial charge in [0.2, 0.25) is 0 Å². The van der Waals surface area contributed by atoms with Crippen LogP contribution in [0, 0.1) is 5.92 Å². The van der Waals surface area contributed by atoms with Crippen molar-refractivity contribution < 1.29 is 14.7 Å². The second kappa shape index (κ2) is 4.53. The minimum Gasteiger partial charge on any atom is -0.480 e. The third kappa shape index (κ3) is 2.43. The molecule has 1 heterocycles. The van der Waals surface area contributed by atoms with Crippen LogP contribution in [0.5, 0.6) is 0 Å². The zero-order valence-corrected chi connectivity index (χ0v) is 10.4. The lowest BCUT2D eigenvalue weighted by Crippen LogP contribution is -2.54. The van der Waals surface area contributed by atoms with E-state index in [1.807, 2.05) is 0 Å². The summed E-state index contributed by atoms with van der Waals surface area (Å²) in [6, 6.07) is 2.83. The largest absolute Gasteiger partial charge is 0.480 e. The molecular weight excluding hydrogens is 258 g/mol.